The molecule has 0 radical (unpaired) electrons. The Bertz CT molecular complexity index is 683. The average molecular weight is 736 g/mol. The van der Waals surface area contributed by atoms with Crippen LogP contribution in [0.2, 0.25) is 0 Å². The van der Waals surface area contributed by atoms with Gasteiger partial charge in [-0.2, -0.15) is 0 Å². The lowest BCUT2D eigenvalue weighted by molar-refractivity contribution is -0.151. The number of hydrogen-bond acceptors (Lipinski definition) is 5. The molecule has 0 aliphatic carbocycles. The Kier molecular flexibility index (Phi) is 40.2. The van der Waals surface area contributed by atoms with Crippen LogP contribution in [0.25, 0.3) is 0 Å². The summed E-state index contributed by atoms with van der Waals surface area (Å²) in [5.41, 5.74) is 0. The lowest BCUT2D eigenvalue weighted by Gasteiger charge is -2.18. The number of esters is 2. The van der Waals surface area contributed by atoms with Gasteiger partial charge in [0.25, 0.3) is 0 Å². The lowest BCUT2D eigenvalue weighted by Crippen LogP contribution is -2.20. The molecule has 0 aromatic rings. The summed E-state index contributed by atoms with van der Waals surface area (Å²) in [7, 11) is 2.25. The first-order chi connectivity index (χ1) is 25.5. The fourth-order valence-corrected chi connectivity index (χ4v) is 7.39. The molecule has 5 nitrogen and oxygen atoms in total. The van der Waals surface area contributed by atoms with Crippen molar-refractivity contribution < 1.29 is 19.1 Å². The molecule has 52 heavy (non-hydrogen) atoms. The van der Waals surface area contributed by atoms with Crippen LogP contribution in [-0.2, 0) is 19.1 Å². The van der Waals surface area contributed by atoms with E-state index >= 15 is 0 Å². The molecule has 0 bridgehead atoms. The highest BCUT2D eigenvalue weighted by Gasteiger charge is 2.15. The predicted molar refractivity (Wildman–Crippen MR) is 226 cm³/mol. The molecule has 0 saturated carbocycles. The van der Waals surface area contributed by atoms with Crippen molar-refractivity contribution in [3.05, 3.63) is 0 Å². The standard InChI is InChI=1S/C47H93NO4/c1-6-10-14-18-22-30-38-44(36-28-16-12-8-3)51-46(49)40-32-24-20-26-34-42-48(5)43-35-27-21-25-33-41-47(50)52-45(37-29-17-13-9-4)39-31-23-19-15-11-7-2/h44-45H,6-43H2,1-5H3. The van der Waals surface area contributed by atoms with Gasteiger partial charge in [0, 0.05) is 12.8 Å². The molecule has 0 fully saturated rings. The van der Waals surface area contributed by atoms with Crippen molar-refractivity contribution in [1.82, 2.24) is 4.90 Å². The minimum atomic E-state index is 0.0340. The smallest absolute Gasteiger partial charge is 0.306 e. The van der Waals surface area contributed by atoms with Gasteiger partial charge in [0.1, 0.15) is 12.2 Å². The summed E-state index contributed by atoms with van der Waals surface area (Å²) < 4.78 is 12.0. The zero-order valence-corrected chi connectivity index (χ0v) is 36.1. The highest BCUT2D eigenvalue weighted by atomic mass is 16.5. The summed E-state index contributed by atoms with van der Waals surface area (Å²) >= 11 is 0. The molecular weight excluding hydrogens is 643 g/mol. The summed E-state index contributed by atoms with van der Waals surface area (Å²) in [6.45, 7) is 11.3. The van der Waals surface area contributed by atoms with E-state index in [1.165, 1.54) is 167 Å². The first kappa shape index (κ1) is 50.9. The molecule has 0 rings (SSSR count). The van der Waals surface area contributed by atoms with E-state index in [0.29, 0.717) is 12.8 Å². The zero-order valence-electron chi connectivity index (χ0n) is 36.1. The van der Waals surface area contributed by atoms with Gasteiger partial charge < -0.3 is 14.4 Å². The second-order valence-corrected chi connectivity index (χ2v) is 16.4. The predicted octanol–water partition coefficient (Wildman–Crippen LogP) is 14.9. The Hall–Kier alpha value is -1.10. The SMILES string of the molecule is CCCCCCCCC(CCCCCC)OC(=O)CCCCCCCN(C)CCCCCCCC(=O)OC(CCCCCC)CCCCCCCC. The summed E-state index contributed by atoms with van der Waals surface area (Å²) in [5, 5.41) is 0. The molecule has 2 atom stereocenters. The Balaban J connectivity index is 3.93. The fourth-order valence-electron chi connectivity index (χ4n) is 7.39. The van der Waals surface area contributed by atoms with Gasteiger partial charge in [-0.3, -0.25) is 9.59 Å². The first-order valence-electron chi connectivity index (χ1n) is 23.5. The number of nitrogens with zero attached hydrogens (tertiary/aromatic N) is 1. The van der Waals surface area contributed by atoms with E-state index in [1.807, 2.05) is 0 Å². The third-order valence-corrected chi connectivity index (χ3v) is 11.0. The van der Waals surface area contributed by atoms with Crippen LogP contribution in [0.1, 0.15) is 259 Å². The van der Waals surface area contributed by atoms with Crippen LogP contribution < -0.4 is 0 Å². The van der Waals surface area contributed by atoms with Crippen molar-refractivity contribution in [2.24, 2.45) is 0 Å². The number of carbonyl (C=O) groups is 2. The maximum absolute atomic E-state index is 12.6. The highest BCUT2D eigenvalue weighted by molar-refractivity contribution is 5.69. The maximum Gasteiger partial charge on any atom is 0.306 e. The Labute approximate surface area is 326 Å². The van der Waals surface area contributed by atoms with Crippen LogP contribution in [0, 0.1) is 0 Å². The minimum Gasteiger partial charge on any atom is -0.462 e. The normalized spacial score (nSPS) is 12.7. The Morgan fingerprint density at radius 3 is 0.942 bits per heavy atom. The molecule has 0 N–H and O–H groups in total. The Morgan fingerprint density at radius 1 is 0.365 bits per heavy atom. The van der Waals surface area contributed by atoms with Crippen molar-refractivity contribution in [3.8, 4) is 0 Å². The summed E-state index contributed by atoms with van der Waals surface area (Å²) in [6.07, 6.45) is 42.7. The van der Waals surface area contributed by atoms with Gasteiger partial charge in [-0.1, -0.05) is 169 Å². The molecular formula is C47H93NO4. The van der Waals surface area contributed by atoms with E-state index in [1.54, 1.807) is 0 Å². The van der Waals surface area contributed by atoms with Gasteiger partial charge in [-0.05, 0) is 97.2 Å². The Morgan fingerprint density at radius 2 is 0.615 bits per heavy atom. The molecule has 2 unspecified atom stereocenters. The second-order valence-electron chi connectivity index (χ2n) is 16.4. The fraction of sp³-hybridized carbons (Fsp3) is 0.957. The van der Waals surface area contributed by atoms with Crippen molar-refractivity contribution in [3.63, 3.8) is 0 Å². The zero-order chi connectivity index (χ0) is 38.2. The minimum absolute atomic E-state index is 0.0340. The average Bonchev–Trinajstić information content (AvgIpc) is 3.13. The summed E-state index contributed by atoms with van der Waals surface area (Å²) in [5.74, 6) is 0.0681. The number of ether oxygens (including phenoxy) is 2. The third kappa shape index (κ3) is 37.2. The second kappa shape index (κ2) is 41.1. The van der Waals surface area contributed by atoms with Gasteiger partial charge >= 0.3 is 11.9 Å². The van der Waals surface area contributed by atoms with Crippen molar-refractivity contribution >= 4 is 11.9 Å². The van der Waals surface area contributed by atoms with E-state index in [2.05, 4.69) is 39.6 Å². The van der Waals surface area contributed by atoms with Crippen LogP contribution in [-0.4, -0.2) is 49.2 Å². The number of rotatable bonds is 42. The molecule has 0 amide bonds. The van der Waals surface area contributed by atoms with Crippen LogP contribution in [0.15, 0.2) is 0 Å². The first-order valence-corrected chi connectivity index (χ1v) is 23.5. The maximum atomic E-state index is 12.6. The molecule has 0 aliphatic heterocycles. The van der Waals surface area contributed by atoms with Gasteiger partial charge in [0.15, 0.2) is 0 Å². The lowest BCUT2D eigenvalue weighted by atomic mass is 10.0. The monoisotopic (exact) mass is 736 g/mol. The van der Waals surface area contributed by atoms with Gasteiger partial charge in [-0.15, -0.1) is 0 Å². The van der Waals surface area contributed by atoms with E-state index in [9.17, 15) is 9.59 Å². The van der Waals surface area contributed by atoms with Crippen LogP contribution >= 0.6 is 0 Å². The number of unbranched alkanes of at least 4 members (excludes halogenated alkanes) is 24. The largest absolute Gasteiger partial charge is 0.462 e. The summed E-state index contributed by atoms with van der Waals surface area (Å²) in [4.78, 5) is 27.7. The topological polar surface area (TPSA) is 55.8 Å². The van der Waals surface area contributed by atoms with Gasteiger partial charge in [0.2, 0.25) is 0 Å². The third-order valence-electron chi connectivity index (χ3n) is 11.0. The molecule has 5 heteroatoms. The van der Waals surface area contributed by atoms with Crippen molar-refractivity contribution in [1.29, 1.82) is 0 Å². The molecule has 310 valence electrons. The number of hydrogen-bond donors (Lipinski definition) is 0. The molecule has 0 spiro atoms. The van der Waals surface area contributed by atoms with E-state index in [-0.39, 0.29) is 24.1 Å². The molecule has 0 heterocycles. The van der Waals surface area contributed by atoms with Crippen LogP contribution in [0.3, 0.4) is 0 Å². The van der Waals surface area contributed by atoms with Crippen molar-refractivity contribution in [2.75, 3.05) is 20.1 Å². The van der Waals surface area contributed by atoms with Gasteiger partial charge in [0.05, 0.1) is 0 Å². The van der Waals surface area contributed by atoms with Crippen molar-refractivity contribution in [2.45, 2.75) is 271 Å². The highest BCUT2D eigenvalue weighted by Crippen LogP contribution is 2.19. The van der Waals surface area contributed by atoms with E-state index < -0.39 is 0 Å². The van der Waals surface area contributed by atoms with Crippen LogP contribution in [0.4, 0.5) is 0 Å². The molecule has 0 aromatic heterocycles. The number of carbonyl (C=O) groups excluding carboxylic acids is 2. The van der Waals surface area contributed by atoms with E-state index in [0.717, 1.165) is 64.5 Å². The molecule has 0 saturated heterocycles. The summed E-state index contributed by atoms with van der Waals surface area (Å²) in [6, 6.07) is 0. The van der Waals surface area contributed by atoms with E-state index in [4.69, 9.17) is 9.47 Å². The van der Waals surface area contributed by atoms with Gasteiger partial charge in [-0.25, -0.2) is 0 Å². The van der Waals surface area contributed by atoms with Crippen LogP contribution in [0.5, 0.6) is 0 Å². The molecule has 0 aromatic carbocycles. The molecule has 0 aliphatic rings. The quantitative estimate of drug-likeness (QED) is 0.0461.